The Bertz CT molecular complexity index is 524. The van der Waals surface area contributed by atoms with Gasteiger partial charge in [0.15, 0.2) is 5.82 Å². The number of halogens is 1. The molecule has 1 aliphatic carbocycles. The van der Waals surface area contributed by atoms with Crippen LogP contribution in [0.25, 0.3) is 0 Å². The minimum atomic E-state index is -0.133. The first-order chi connectivity index (χ1) is 8.58. The van der Waals surface area contributed by atoms with E-state index in [0.717, 1.165) is 12.8 Å². The molecule has 1 aromatic heterocycles. The summed E-state index contributed by atoms with van der Waals surface area (Å²) in [4.78, 5) is 29.8. The third-order valence-electron chi connectivity index (χ3n) is 3.63. The first-order valence-electron chi connectivity index (χ1n) is 5.86. The third kappa shape index (κ3) is 1.63. The average Bonchev–Trinajstić information content (AvgIpc) is 2.76. The van der Waals surface area contributed by atoms with Crippen molar-refractivity contribution in [1.82, 2.24) is 4.98 Å². The van der Waals surface area contributed by atoms with Crippen LogP contribution in [-0.4, -0.2) is 16.8 Å². The Morgan fingerprint density at radius 1 is 1.28 bits per heavy atom. The fraction of sp³-hybridized carbons (Fsp3) is 0.417. The fourth-order valence-electron chi connectivity index (χ4n) is 2.72. The van der Waals surface area contributed by atoms with Gasteiger partial charge in [-0.2, -0.15) is 0 Å². The van der Waals surface area contributed by atoms with Gasteiger partial charge in [-0.1, -0.05) is 0 Å². The molecule has 2 heterocycles. The molecule has 3 rings (SSSR count). The first-order valence-corrected chi connectivity index (χ1v) is 6.66. The second-order valence-electron chi connectivity index (χ2n) is 4.79. The summed E-state index contributed by atoms with van der Waals surface area (Å²) in [6.45, 7) is 0. The summed E-state index contributed by atoms with van der Waals surface area (Å²) in [6.07, 6.45) is 3.76. The van der Waals surface area contributed by atoms with Crippen LogP contribution in [0, 0.1) is 11.8 Å². The van der Waals surface area contributed by atoms with Gasteiger partial charge >= 0.3 is 0 Å². The maximum Gasteiger partial charge on any atom is 0.238 e. The van der Waals surface area contributed by atoms with Crippen molar-refractivity contribution in [2.24, 2.45) is 11.8 Å². The van der Waals surface area contributed by atoms with Gasteiger partial charge in [-0.05, 0) is 41.3 Å². The lowest BCUT2D eigenvalue weighted by Gasteiger charge is -2.29. The molecule has 2 bridgehead atoms. The molecule has 1 aromatic rings. The van der Waals surface area contributed by atoms with Crippen molar-refractivity contribution < 1.29 is 9.59 Å². The number of aromatic nitrogens is 1. The number of amides is 2. The Balaban J connectivity index is 2.05. The van der Waals surface area contributed by atoms with E-state index in [9.17, 15) is 9.59 Å². The van der Waals surface area contributed by atoms with Crippen LogP contribution in [0.3, 0.4) is 0 Å². The van der Waals surface area contributed by atoms with Gasteiger partial charge in [0.05, 0.1) is 16.4 Å². The normalized spacial score (nSPS) is 26.8. The Hall–Kier alpha value is -1.43. The fourth-order valence-corrected chi connectivity index (χ4v) is 3.27. The molecule has 1 aliphatic heterocycles. The van der Waals surface area contributed by atoms with Crippen molar-refractivity contribution in [3.05, 3.63) is 16.7 Å². The smallest absolute Gasteiger partial charge is 0.238 e. The Morgan fingerprint density at radius 3 is 2.44 bits per heavy atom. The largest absolute Gasteiger partial charge is 0.397 e. The molecule has 0 spiro atoms. The molecule has 1 saturated carbocycles. The summed E-state index contributed by atoms with van der Waals surface area (Å²) in [6, 6.07) is 1.65. The molecule has 18 heavy (non-hydrogen) atoms. The Kier molecular flexibility index (Phi) is 2.62. The molecule has 1 saturated heterocycles. The van der Waals surface area contributed by atoms with E-state index in [1.807, 2.05) is 0 Å². The molecular formula is C12H12BrN3O2. The lowest BCUT2D eigenvalue weighted by Crippen LogP contribution is -2.47. The molecule has 0 radical (unpaired) electrons. The number of nitrogens with two attached hydrogens (primary N) is 1. The van der Waals surface area contributed by atoms with E-state index in [0.29, 0.717) is 22.4 Å². The first kappa shape index (κ1) is 11.6. The highest BCUT2D eigenvalue weighted by Crippen LogP contribution is 2.41. The summed E-state index contributed by atoms with van der Waals surface area (Å²) in [5, 5.41) is 0. The van der Waals surface area contributed by atoms with Crippen molar-refractivity contribution in [2.45, 2.75) is 19.3 Å². The maximum atomic E-state index is 12.2. The van der Waals surface area contributed by atoms with E-state index in [-0.39, 0.29) is 23.7 Å². The standard InChI is InChI=1S/C12H12BrN3O2/c13-9-4-8(14)5-15-10(9)16-11(17)6-1-2-7(3-6)12(16)18/h4-7H,1-3,14H2. The van der Waals surface area contributed by atoms with Gasteiger partial charge in [0, 0.05) is 11.8 Å². The molecule has 2 aliphatic rings. The van der Waals surface area contributed by atoms with Crippen LogP contribution in [0.4, 0.5) is 11.5 Å². The van der Waals surface area contributed by atoms with Crippen molar-refractivity contribution in [1.29, 1.82) is 0 Å². The van der Waals surface area contributed by atoms with E-state index in [1.54, 1.807) is 6.07 Å². The minimum Gasteiger partial charge on any atom is -0.397 e. The number of nitrogen functional groups attached to an aromatic ring is 1. The number of pyridine rings is 1. The van der Waals surface area contributed by atoms with E-state index in [1.165, 1.54) is 11.1 Å². The van der Waals surface area contributed by atoms with Crippen molar-refractivity contribution in [2.75, 3.05) is 10.6 Å². The Morgan fingerprint density at radius 2 is 1.89 bits per heavy atom. The minimum absolute atomic E-state index is 0.0287. The summed E-state index contributed by atoms with van der Waals surface area (Å²) in [7, 11) is 0. The van der Waals surface area contributed by atoms with Crippen LogP contribution in [0.15, 0.2) is 16.7 Å². The number of nitrogens with zero attached hydrogens (tertiary/aromatic N) is 2. The van der Waals surface area contributed by atoms with Crippen LogP contribution >= 0.6 is 15.9 Å². The topological polar surface area (TPSA) is 76.3 Å². The predicted molar refractivity (Wildman–Crippen MR) is 69.7 cm³/mol. The summed E-state index contributed by atoms with van der Waals surface area (Å²) < 4.78 is 0.575. The summed E-state index contributed by atoms with van der Waals surface area (Å²) in [5.41, 5.74) is 6.10. The van der Waals surface area contributed by atoms with Crippen LogP contribution in [0.1, 0.15) is 19.3 Å². The van der Waals surface area contributed by atoms with E-state index in [2.05, 4.69) is 20.9 Å². The van der Waals surface area contributed by atoms with Crippen LogP contribution in [-0.2, 0) is 9.59 Å². The number of hydrogen-bond donors (Lipinski definition) is 1. The number of fused-ring (bicyclic) bond motifs is 2. The van der Waals surface area contributed by atoms with Gasteiger partial charge in [0.1, 0.15) is 0 Å². The lowest BCUT2D eigenvalue weighted by molar-refractivity contribution is -0.133. The number of anilines is 2. The monoisotopic (exact) mass is 309 g/mol. The molecule has 2 amide bonds. The number of carbonyl (C=O) groups is 2. The zero-order valence-corrected chi connectivity index (χ0v) is 11.2. The second-order valence-corrected chi connectivity index (χ2v) is 5.65. The number of piperidine rings is 1. The van der Waals surface area contributed by atoms with Gasteiger partial charge in [-0.3, -0.25) is 9.59 Å². The lowest BCUT2D eigenvalue weighted by atomic mass is 9.97. The molecule has 94 valence electrons. The van der Waals surface area contributed by atoms with Gasteiger partial charge in [0.2, 0.25) is 11.8 Å². The molecule has 2 N–H and O–H groups in total. The number of rotatable bonds is 1. The van der Waals surface area contributed by atoms with E-state index < -0.39 is 0 Å². The van der Waals surface area contributed by atoms with Crippen LogP contribution in [0.5, 0.6) is 0 Å². The van der Waals surface area contributed by atoms with Crippen LogP contribution in [0.2, 0.25) is 0 Å². The van der Waals surface area contributed by atoms with Gasteiger partial charge in [0.25, 0.3) is 0 Å². The highest BCUT2D eigenvalue weighted by atomic mass is 79.9. The average molecular weight is 310 g/mol. The van der Waals surface area contributed by atoms with Crippen molar-refractivity contribution in [3.8, 4) is 0 Å². The molecule has 5 nitrogen and oxygen atoms in total. The van der Waals surface area contributed by atoms with E-state index >= 15 is 0 Å². The number of imide groups is 1. The summed E-state index contributed by atoms with van der Waals surface area (Å²) >= 11 is 3.31. The SMILES string of the molecule is Nc1cnc(N2C(=O)C3CCC(C3)C2=O)c(Br)c1. The van der Waals surface area contributed by atoms with Gasteiger partial charge < -0.3 is 5.73 Å². The third-order valence-corrected chi connectivity index (χ3v) is 4.21. The van der Waals surface area contributed by atoms with Crippen LogP contribution < -0.4 is 10.6 Å². The van der Waals surface area contributed by atoms with Crippen molar-refractivity contribution >= 4 is 39.2 Å². The predicted octanol–water partition coefficient (Wildman–Crippen LogP) is 1.72. The van der Waals surface area contributed by atoms with Gasteiger partial charge in [-0.15, -0.1) is 0 Å². The quantitative estimate of drug-likeness (QED) is 0.801. The Labute approximate surface area is 112 Å². The number of hydrogen-bond acceptors (Lipinski definition) is 4. The van der Waals surface area contributed by atoms with Gasteiger partial charge in [-0.25, -0.2) is 9.88 Å². The second kappa shape index (κ2) is 4.05. The zero-order valence-electron chi connectivity index (χ0n) is 9.60. The number of carbonyl (C=O) groups excluding carboxylic acids is 2. The molecule has 2 fully saturated rings. The maximum absolute atomic E-state index is 12.2. The molecule has 6 heteroatoms. The van der Waals surface area contributed by atoms with Crippen molar-refractivity contribution in [3.63, 3.8) is 0 Å². The molecule has 0 aromatic carbocycles. The zero-order chi connectivity index (χ0) is 12.9. The molecular weight excluding hydrogens is 298 g/mol. The highest BCUT2D eigenvalue weighted by Gasteiger charge is 2.46. The highest BCUT2D eigenvalue weighted by molar-refractivity contribution is 9.10. The summed E-state index contributed by atoms with van der Waals surface area (Å²) in [5.74, 6) is 0.0344. The van der Waals surface area contributed by atoms with E-state index in [4.69, 9.17) is 5.73 Å². The molecule has 2 atom stereocenters. The molecule has 2 unspecified atom stereocenters.